The molecule has 3 aromatic rings. The van der Waals surface area contributed by atoms with Crippen LogP contribution in [-0.4, -0.2) is 83.2 Å². The number of aliphatic hydroxyl groups excluding tert-OH is 1. The van der Waals surface area contributed by atoms with Crippen molar-refractivity contribution in [2.45, 2.75) is 50.0 Å². The van der Waals surface area contributed by atoms with Gasteiger partial charge in [0.15, 0.2) is 0 Å². The number of benzene rings is 2. The van der Waals surface area contributed by atoms with Crippen LogP contribution in [-0.2, 0) is 19.1 Å². The van der Waals surface area contributed by atoms with Crippen molar-refractivity contribution in [1.82, 2.24) is 15.2 Å². The molecular weight excluding hydrogens is 672 g/mol. The first-order chi connectivity index (χ1) is 23.3. The van der Waals surface area contributed by atoms with E-state index in [9.17, 15) is 37.5 Å². The van der Waals surface area contributed by atoms with Gasteiger partial charge in [-0.25, -0.2) is 22.5 Å². The van der Waals surface area contributed by atoms with Crippen molar-refractivity contribution in [3.63, 3.8) is 0 Å². The fraction of sp³-hybridized carbons (Fsp3) is 0.364. The van der Waals surface area contributed by atoms with Gasteiger partial charge < -0.3 is 20.1 Å². The number of hydrogen-bond donors (Lipinski definition) is 2. The maximum Gasteiger partial charge on any atom is 0.320 e. The number of piperazine rings is 1. The second-order valence-electron chi connectivity index (χ2n) is 11.6. The van der Waals surface area contributed by atoms with Crippen molar-refractivity contribution in [3.8, 4) is 6.07 Å². The number of esters is 1. The Morgan fingerprint density at radius 1 is 1.14 bits per heavy atom. The molecule has 2 fully saturated rings. The summed E-state index contributed by atoms with van der Waals surface area (Å²) < 4.78 is 62.2. The van der Waals surface area contributed by atoms with E-state index in [1.807, 2.05) is 6.07 Å². The molecule has 49 heavy (non-hydrogen) atoms. The molecule has 2 aromatic carbocycles. The van der Waals surface area contributed by atoms with E-state index in [2.05, 4.69) is 10.3 Å². The van der Waals surface area contributed by atoms with Crippen LogP contribution in [0.4, 0.5) is 29.1 Å². The number of nitrogens with one attached hydrogen (secondary N) is 1. The molecule has 11 nitrogen and oxygen atoms in total. The number of halogens is 5. The Kier molecular flexibility index (Phi) is 10.7. The van der Waals surface area contributed by atoms with Gasteiger partial charge in [0, 0.05) is 54.8 Å². The fourth-order valence-electron chi connectivity index (χ4n) is 5.97. The van der Waals surface area contributed by atoms with E-state index in [0.717, 1.165) is 17.0 Å². The van der Waals surface area contributed by atoms with Gasteiger partial charge in [0.25, 0.3) is 11.8 Å². The Morgan fingerprint density at radius 3 is 2.47 bits per heavy atom. The average Bonchev–Trinajstić information content (AvgIpc) is 3.02. The standard InChI is InChI=1S/C33H31ClF4N6O5/c1-2-49-29(46)18-42-16-26(44(28(45)17-42)27-9-19(15-39)7-8-40-27)32(48)43(23-11-20(35)10-21(36)12-23)30(24-5-3-4-6-25(24)34)31(47)41-22-13-33(37,38)14-22/h3-12,22,26,28,30,45H,2,13-14,16-18H2,1H3,(H,41,47). The Balaban J connectivity index is 1.66. The van der Waals surface area contributed by atoms with Crippen LogP contribution in [0.25, 0.3) is 0 Å². The molecule has 3 unspecified atom stereocenters. The third kappa shape index (κ3) is 8.10. The Labute approximate surface area is 283 Å². The van der Waals surface area contributed by atoms with Crippen LogP contribution in [0.5, 0.6) is 0 Å². The van der Waals surface area contributed by atoms with Crippen LogP contribution in [0.1, 0.15) is 36.9 Å². The van der Waals surface area contributed by atoms with Crippen LogP contribution in [0.3, 0.4) is 0 Å². The van der Waals surface area contributed by atoms with Crippen LogP contribution in [0, 0.1) is 23.0 Å². The number of aliphatic hydroxyl groups is 1. The minimum absolute atomic E-state index is 0.00154. The van der Waals surface area contributed by atoms with Gasteiger partial charge in [0.05, 0.1) is 30.5 Å². The summed E-state index contributed by atoms with van der Waals surface area (Å²) in [5.74, 6) is -7.88. The van der Waals surface area contributed by atoms with Crippen molar-refractivity contribution in [2.24, 2.45) is 0 Å². The monoisotopic (exact) mass is 702 g/mol. The molecule has 1 aromatic heterocycles. The lowest BCUT2D eigenvalue weighted by molar-refractivity contribution is -0.145. The number of anilines is 2. The van der Waals surface area contributed by atoms with Gasteiger partial charge in [-0.15, -0.1) is 0 Å². The van der Waals surface area contributed by atoms with E-state index in [1.165, 1.54) is 46.3 Å². The van der Waals surface area contributed by atoms with Crippen LogP contribution in [0.2, 0.25) is 5.02 Å². The third-order valence-electron chi connectivity index (χ3n) is 8.10. The maximum atomic E-state index is 15.0. The summed E-state index contributed by atoms with van der Waals surface area (Å²) in [5.41, 5.74) is -0.300. The number of aromatic nitrogens is 1. The van der Waals surface area contributed by atoms with Crippen LogP contribution < -0.4 is 15.1 Å². The second kappa shape index (κ2) is 14.8. The van der Waals surface area contributed by atoms with Crippen molar-refractivity contribution in [3.05, 3.63) is 88.6 Å². The zero-order valence-electron chi connectivity index (χ0n) is 26.0. The van der Waals surface area contributed by atoms with Crippen molar-refractivity contribution < 1.29 is 41.8 Å². The number of alkyl halides is 2. The number of hydrogen-bond acceptors (Lipinski definition) is 9. The molecule has 2 amide bonds. The molecule has 1 aliphatic heterocycles. The number of ether oxygens (including phenoxy) is 1. The van der Waals surface area contributed by atoms with E-state index in [-0.39, 0.29) is 48.2 Å². The normalized spacial score (nSPS) is 19.7. The number of carbonyl (C=O) groups excluding carboxylic acids is 3. The first kappa shape index (κ1) is 35.5. The molecule has 1 saturated heterocycles. The lowest BCUT2D eigenvalue weighted by Crippen LogP contribution is -2.65. The molecule has 0 bridgehead atoms. The number of rotatable bonds is 10. The predicted molar refractivity (Wildman–Crippen MR) is 168 cm³/mol. The maximum absolute atomic E-state index is 15.0. The summed E-state index contributed by atoms with van der Waals surface area (Å²) in [5, 5.41) is 23.4. The fourth-order valence-corrected chi connectivity index (χ4v) is 6.21. The van der Waals surface area contributed by atoms with Gasteiger partial charge >= 0.3 is 5.97 Å². The summed E-state index contributed by atoms with van der Waals surface area (Å²) in [6, 6.07) is 8.44. The highest BCUT2D eigenvalue weighted by Gasteiger charge is 2.49. The Hall–Kier alpha value is -4.78. The first-order valence-corrected chi connectivity index (χ1v) is 15.6. The number of nitrogens with zero attached hydrogens (tertiary/aromatic N) is 5. The summed E-state index contributed by atoms with van der Waals surface area (Å²) in [7, 11) is 0. The average molecular weight is 703 g/mol. The van der Waals surface area contributed by atoms with Gasteiger partial charge in [0.1, 0.15) is 35.8 Å². The molecular formula is C33H31ClF4N6O5. The SMILES string of the molecule is CCOC(=O)CN1CC(O)N(c2cc(C#N)ccn2)C(C(=O)N(c2cc(F)cc(F)c2)C(C(=O)NC2CC(F)(F)C2)c2ccccc2Cl)C1. The molecule has 0 spiro atoms. The molecule has 0 radical (unpaired) electrons. The van der Waals surface area contributed by atoms with Gasteiger partial charge in [-0.2, -0.15) is 5.26 Å². The van der Waals surface area contributed by atoms with Gasteiger partial charge in [-0.05, 0) is 37.3 Å². The van der Waals surface area contributed by atoms with Crippen molar-refractivity contribution in [2.75, 3.05) is 36.0 Å². The molecule has 2 heterocycles. The van der Waals surface area contributed by atoms with Crippen LogP contribution >= 0.6 is 11.6 Å². The lowest BCUT2D eigenvalue weighted by atomic mass is 9.87. The highest BCUT2D eigenvalue weighted by molar-refractivity contribution is 6.31. The lowest BCUT2D eigenvalue weighted by Gasteiger charge is -2.46. The number of pyridine rings is 1. The largest absolute Gasteiger partial charge is 0.465 e. The predicted octanol–water partition coefficient (Wildman–Crippen LogP) is 3.95. The van der Waals surface area contributed by atoms with Crippen LogP contribution in [0.15, 0.2) is 60.8 Å². The zero-order chi connectivity index (χ0) is 35.5. The molecule has 16 heteroatoms. The van der Waals surface area contributed by atoms with Gasteiger partial charge in [0.2, 0.25) is 5.91 Å². The Morgan fingerprint density at radius 2 is 1.84 bits per heavy atom. The highest BCUT2D eigenvalue weighted by atomic mass is 35.5. The van der Waals surface area contributed by atoms with Gasteiger partial charge in [-0.1, -0.05) is 29.8 Å². The smallest absolute Gasteiger partial charge is 0.320 e. The van der Waals surface area contributed by atoms with E-state index >= 15 is 4.79 Å². The molecule has 2 N–H and O–H groups in total. The van der Waals surface area contributed by atoms with E-state index in [1.54, 1.807) is 13.0 Å². The Bertz CT molecular complexity index is 1750. The van der Waals surface area contributed by atoms with E-state index in [0.29, 0.717) is 6.07 Å². The third-order valence-corrected chi connectivity index (χ3v) is 8.44. The number of nitriles is 1. The quantitative estimate of drug-likeness (QED) is 0.238. The topological polar surface area (TPSA) is 139 Å². The minimum Gasteiger partial charge on any atom is -0.465 e. The first-order valence-electron chi connectivity index (χ1n) is 15.2. The van der Waals surface area contributed by atoms with E-state index in [4.69, 9.17) is 16.3 Å². The summed E-state index contributed by atoms with van der Waals surface area (Å²) in [6.07, 6.45) is -1.58. The van der Waals surface area contributed by atoms with E-state index < -0.39 is 78.2 Å². The summed E-state index contributed by atoms with van der Waals surface area (Å²) in [6.45, 7) is 0.820. The highest BCUT2D eigenvalue weighted by Crippen LogP contribution is 2.39. The minimum atomic E-state index is -3.01. The second-order valence-corrected chi connectivity index (χ2v) is 12.1. The molecule has 5 rings (SSSR count). The summed E-state index contributed by atoms with van der Waals surface area (Å²) in [4.78, 5) is 49.2. The number of carbonyl (C=O) groups is 3. The molecule has 1 aliphatic carbocycles. The molecule has 1 saturated carbocycles. The molecule has 3 atom stereocenters. The molecule has 2 aliphatic rings. The zero-order valence-corrected chi connectivity index (χ0v) is 26.8. The van der Waals surface area contributed by atoms with Crippen molar-refractivity contribution >= 4 is 40.9 Å². The number of β-amino-alcohol motifs (C(OH)–C–C–N with tert-alkyl or cyclic N) is 1. The van der Waals surface area contributed by atoms with Gasteiger partial charge in [-0.3, -0.25) is 24.2 Å². The van der Waals surface area contributed by atoms with Crippen molar-refractivity contribution in [1.29, 1.82) is 5.26 Å². The summed E-state index contributed by atoms with van der Waals surface area (Å²) >= 11 is 6.53. The number of amides is 2. The molecule has 258 valence electrons.